The Labute approximate surface area is 101 Å². The number of nitrogens with two attached hydrogens (primary N) is 1. The first kappa shape index (κ1) is 13.4. The Morgan fingerprint density at radius 1 is 1.41 bits per heavy atom. The van der Waals surface area contributed by atoms with Crippen LogP contribution >= 0.6 is 0 Å². The molecule has 1 aromatic carbocycles. The average Bonchev–Trinajstić information content (AvgIpc) is 2.15. The topological polar surface area (TPSA) is 72.5 Å². The molecule has 3 N–H and O–H groups in total. The van der Waals surface area contributed by atoms with Crippen molar-refractivity contribution in [3.05, 3.63) is 23.3 Å². The maximum Gasteiger partial charge on any atom is 0.312 e. The van der Waals surface area contributed by atoms with Crippen molar-refractivity contribution in [2.75, 3.05) is 12.3 Å². The van der Waals surface area contributed by atoms with Gasteiger partial charge in [-0.2, -0.15) is 0 Å². The molecule has 0 fully saturated rings. The molecule has 4 nitrogen and oxygen atoms in total. The zero-order valence-corrected chi connectivity index (χ0v) is 10.7. The highest BCUT2D eigenvalue weighted by molar-refractivity contribution is 5.73. The Balaban J connectivity index is 2.87. The normalized spacial score (nSPS) is 11.3. The number of hydrogen-bond acceptors (Lipinski definition) is 3. The minimum atomic E-state index is -0.927. The standard InChI is InChI=1S/C13H19NO3/c1-8-5-9(2)11(10(14)6-8)17-7-13(3,4)12(15)16/h5-6H,7,14H2,1-4H3,(H,15,16). The lowest BCUT2D eigenvalue weighted by molar-refractivity contribution is -0.148. The molecule has 0 heterocycles. The average molecular weight is 237 g/mol. The number of carboxylic acid groups (broad SMARTS) is 1. The van der Waals surface area contributed by atoms with Gasteiger partial charge in [0, 0.05) is 0 Å². The van der Waals surface area contributed by atoms with Crippen LogP contribution in [0.4, 0.5) is 5.69 Å². The van der Waals surface area contributed by atoms with Crippen molar-refractivity contribution in [2.24, 2.45) is 5.41 Å². The van der Waals surface area contributed by atoms with E-state index < -0.39 is 11.4 Å². The summed E-state index contributed by atoms with van der Waals surface area (Å²) in [6.07, 6.45) is 0. The van der Waals surface area contributed by atoms with Crippen molar-refractivity contribution in [2.45, 2.75) is 27.7 Å². The van der Waals surface area contributed by atoms with Crippen LogP contribution in [0.2, 0.25) is 0 Å². The molecule has 0 atom stereocenters. The van der Waals surface area contributed by atoms with Gasteiger partial charge in [0.15, 0.2) is 0 Å². The van der Waals surface area contributed by atoms with Gasteiger partial charge in [0.05, 0.1) is 11.1 Å². The van der Waals surface area contributed by atoms with Crippen molar-refractivity contribution in [3.63, 3.8) is 0 Å². The highest BCUT2D eigenvalue weighted by Gasteiger charge is 2.28. The van der Waals surface area contributed by atoms with Crippen LogP contribution in [-0.4, -0.2) is 17.7 Å². The van der Waals surface area contributed by atoms with Crippen molar-refractivity contribution in [1.29, 1.82) is 0 Å². The van der Waals surface area contributed by atoms with Crippen LogP contribution in [0.5, 0.6) is 5.75 Å². The number of carbonyl (C=O) groups is 1. The van der Waals surface area contributed by atoms with Gasteiger partial charge in [-0.15, -0.1) is 0 Å². The van der Waals surface area contributed by atoms with E-state index in [1.165, 1.54) is 0 Å². The van der Waals surface area contributed by atoms with Crippen LogP contribution in [-0.2, 0) is 4.79 Å². The highest BCUT2D eigenvalue weighted by atomic mass is 16.5. The smallest absolute Gasteiger partial charge is 0.312 e. The largest absolute Gasteiger partial charge is 0.490 e. The lowest BCUT2D eigenvalue weighted by atomic mass is 9.95. The Kier molecular flexibility index (Phi) is 3.66. The summed E-state index contributed by atoms with van der Waals surface area (Å²) in [6, 6.07) is 3.77. The van der Waals surface area contributed by atoms with Gasteiger partial charge in [-0.3, -0.25) is 4.79 Å². The molecule has 0 aliphatic carbocycles. The van der Waals surface area contributed by atoms with Crippen molar-refractivity contribution in [3.8, 4) is 5.75 Å². The zero-order chi connectivity index (χ0) is 13.2. The Morgan fingerprint density at radius 3 is 2.47 bits per heavy atom. The van der Waals surface area contributed by atoms with Crippen LogP contribution in [0.25, 0.3) is 0 Å². The predicted molar refractivity (Wildman–Crippen MR) is 67.2 cm³/mol. The minimum Gasteiger partial charge on any atom is -0.490 e. The highest BCUT2D eigenvalue weighted by Crippen LogP contribution is 2.29. The van der Waals surface area contributed by atoms with Gasteiger partial charge in [0.25, 0.3) is 0 Å². The summed E-state index contributed by atoms with van der Waals surface area (Å²) in [4.78, 5) is 11.0. The molecule has 0 aromatic heterocycles. The SMILES string of the molecule is Cc1cc(C)c(OCC(C)(C)C(=O)O)c(N)c1. The van der Waals surface area contributed by atoms with Crippen LogP contribution in [0.15, 0.2) is 12.1 Å². The monoisotopic (exact) mass is 237 g/mol. The van der Waals surface area contributed by atoms with E-state index in [2.05, 4.69) is 0 Å². The number of ether oxygens (including phenoxy) is 1. The van der Waals surface area contributed by atoms with E-state index in [1.54, 1.807) is 13.8 Å². The van der Waals surface area contributed by atoms with E-state index in [0.717, 1.165) is 11.1 Å². The maximum atomic E-state index is 11.0. The molecule has 0 aliphatic rings. The Hall–Kier alpha value is -1.71. The van der Waals surface area contributed by atoms with Crippen molar-refractivity contribution in [1.82, 2.24) is 0 Å². The molecule has 0 saturated heterocycles. The van der Waals surface area contributed by atoms with Crippen molar-refractivity contribution < 1.29 is 14.6 Å². The molecule has 1 rings (SSSR count). The lowest BCUT2D eigenvalue weighted by Gasteiger charge is -2.21. The molecule has 0 saturated carbocycles. The van der Waals surface area contributed by atoms with E-state index >= 15 is 0 Å². The third-order valence-corrected chi connectivity index (χ3v) is 2.60. The first-order chi connectivity index (χ1) is 7.74. The van der Waals surface area contributed by atoms with Crippen molar-refractivity contribution >= 4 is 11.7 Å². The van der Waals surface area contributed by atoms with Crippen LogP contribution in [0.1, 0.15) is 25.0 Å². The van der Waals surface area contributed by atoms with E-state index in [-0.39, 0.29) is 6.61 Å². The van der Waals surface area contributed by atoms with Gasteiger partial charge in [-0.25, -0.2) is 0 Å². The third kappa shape index (κ3) is 3.12. The quantitative estimate of drug-likeness (QED) is 0.788. The third-order valence-electron chi connectivity index (χ3n) is 2.60. The molecular weight excluding hydrogens is 218 g/mol. The maximum absolute atomic E-state index is 11.0. The van der Waals surface area contributed by atoms with Crippen LogP contribution < -0.4 is 10.5 Å². The lowest BCUT2D eigenvalue weighted by Crippen LogP contribution is -2.31. The summed E-state index contributed by atoms with van der Waals surface area (Å²) in [6.45, 7) is 7.18. The second-order valence-electron chi connectivity index (χ2n) is 4.98. The number of hydrogen-bond donors (Lipinski definition) is 2. The summed E-state index contributed by atoms with van der Waals surface area (Å²) in [7, 11) is 0. The van der Waals surface area contributed by atoms with Crippen LogP contribution in [0, 0.1) is 19.3 Å². The minimum absolute atomic E-state index is 0.0937. The second kappa shape index (κ2) is 4.65. The molecule has 4 heteroatoms. The number of anilines is 1. The fraction of sp³-hybridized carbons (Fsp3) is 0.462. The van der Waals surface area contributed by atoms with E-state index in [1.807, 2.05) is 26.0 Å². The van der Waals surface area contributed by atoms with Gasteiger partial charge in [0.1, 0.15) is 12.4 Å². The molecule has 0 bridgehead atoms. The number of rotatable bonds is 4. The molecule has 0 aliphatic heterocycles. The van der Waals surface area contributed by atoms with E-state index in [0.29, 0.717) is 11.4 Å². The molecular formula is C13H19NO3. The van der Waals surface area contributed by atoms with Gasteiger partial charge < -0.3 is 15.6 Å². The summed E-state index contributed by atoms with van der Waals surface area (Å²) < 4.78 is 5.54. The summed E-state index contributed by atoms with van der Waals surface area (Å²) >= 11 is 0. The Morgan fingerprint density at radius 2 is 2.00 bits per heavy atom. The Bertz CT molecular complexity index is 415. The first-order valence-corrected chi connectivity index (χ1v) is 5.47. The molecule has 0 radical (unpaired) electrons. The molecule has 0 unspecified atom stereocenters. The number of nitrogen functional groups attached to an aromatic ring is 1. The summed E-state index contributed by atoms with van der Waals surface area (Å²) in [5.41, 5.74) is 7.45. The number of benzene rings is 1. The fourth-order valence-corrected chi connectivity index (χ4v) is 1.50. The molecule has 0 spiro atoms. The summed E-state index contributed by atoms with van der Waals surface area (Å²) in [5.74, 6) is -0.314. The van der Waals surface area contributed by atoms with Gasteiger partial charge in [-0.1, -0.05) is 6.07 Å². The molecule has 1 aromatic rings. The predicted octanol–water partition coefficient (Wildman–Crippen LogP) is 2.38. The van der Waals surface area contributed by atoms with Gasteiger partial charge in [-0.05, 0) is 44.9 Å². The van der Waals surface area contributed by atoms with Gasteiger partial charge in [0.2, 0.25) is 0 Å². The fourth-order valence-electron chi connectivity index (χ4n) is 1.50. The van der Waals surface area contributed by atoms with E-state index in [4.69, 9.17) is 15.6 Å². The summed E-state index contributed by atoms with van der Waals surface area (Å²) in [5, 5.41) is 8.99. The molecule has 0 amide bonds. The number of aliphatic carboxylic acids is 1. The first-order valence-electron chi connectivity index (χ1n) is 5.47. The second-order valence-corrected chi connectivity index (χ2v) is 4.98. The van der Waals surface area contributed by atoms with E-state index in [9.17, 15) is 4.79 Å². The number of carboxylic acids is 1. The molecule has 94 valence electrons. The number of aryl methyl sites for hydroxylation is 2. The van der Waals surface area contributed by atoms with Crippen LogP contribution in [0.3, 0.4) is 0 Å². The van der Waals surface area contributed by atoms with Gasteiger partial charge >= 0.3 is 5.97 Å². The zero-order valence-electron chi connectivity index (χ0n) is 10.7. The molecule has 17 heavy (non-hydrogen) atoms.